The summed E-state index contributed by atoms with van der Waals surface area (Å²) in [6.07, 6.45) is 6.04. The van der Waals surface area contributed by atoms with Crippen molar-refractivity contribution in [2.75, 3.05) is 11.2 Å². The van der Waals surface area contributed by atoms with Gasteiger partial charge in [0.25, 0.3) is 11.8 Å². The number of rotatable bonds is 3. The third-order valence-electron chi connectivity index (χ3n) is 3.33. The minimum atomic E-state index is -0.896. The van der Waals surface area contributed by atoms with Crippen molar-refractivity contribution in [2.24, 2.45) is 0 Å². The van der Waals surface area contributed by atoms with E-state index in [-0.39, 0.29) is 11.3 Å². The van der Waals surface area contributed by atoms with Crippen molar-refractivity contribution in [3.8, 4) is 0 Å². The molecule has 0 aliphatic carbocycles. The van der Waals surface area contributed by atoms with Crippen LogP contribution in [0.25, 0.3) is 6.08 Å². The molecule has 0 atom stereocenters. The fourth-order valence-electron chi connectivity index (χ4n) is 2.15. The minimum Gasteiger partial charge on any atom is -0.273 e. The number of amides is 4. The van der Waals surface area contributed by atoms with E-state index in [1.54, 1.807) is 0 Å². The molecule has 2 aromatic rings. The zero-order valence-electron chi connectivity index (χ0n) is 12.9. The molecule has 1 aliphatic rings. The number of carbonyl (C=O) groups is 3. The summed E-state index contributed by atoms with van der Waals surface area (Å²) < 4.78 is 13.1. The van der Waals surface area contributed by atoms with E-state index in [1.165, 1.54) is 42.4 Å². The number of thioether (sulfide) groups is 1. The molecule has 0 saturated carbocycles. The average Bonchev–Trinajstić information content (AvgIpc) is 2.60. The van der Waals surface area contributed by atoms with Crippen LogP contribution < -0.4 is 10.2 Å². The molecule has 4 amide bonds. The summed E-state index contributed by atoms with van der Waals surface area (Å²) in [4.78, 5) is 45.5. The van der Waals surface area contributed by atoms with Gasteiger partial charge in [-0.15, -0.1) is 0 Å². The maximum atomic E-state index is 13.1. The summed E-state index contributed by atoms with van der Waals surface area (Å²) in [5.74, 6) is -2.14. The van der Waals surface area contributed by atoms with Crippen LogP contribution in [0.4, 0.5) is 14.9 Å². The van der Waals surface area contributed by atoms with Gasteiger partial charge in [-0.1, -0.05) is 11.8 Å². The van der Waals surface area contributed by atoms with Crippen molar-refractivity contribution in [1.29, 1.82) is 0 Å². The van der Waals surface area contributed by atoms with Crippen LogP contribution in [0.2, 0.25) is 0 Å². The molecule has 3 rings (SSSR count). The number of carbonyl (C=O) groups excluding carboxylic acids is 3. The first-order chi connectivity index (χ1) is 12.0. The van der Waals surface area contributed by atoms with Crippen molar-refractivity contribution < 1.29 is 18.8 Å². The molecule has 1 N–H and O–H groups in total. The molecule has 126 valence electrons. The lowest BCUT2D eigenvalue weighted by Crippen LogP contribution is -2.54. The number of anilines is 1. The monoisotopic (exact) mass is 358 g/mol. The number of hydrogen-bond donors (Lipinski definition) is 1. The highest BCUT2D eigenvalue weighted by Crippen LogP contribution is 2.22. The van der Waals surface area contributed by atoms with Gasteiger partial charge in [-0.25, -0.2) is 24.1 Å². The number of benzene rings is 1. The van der Waals surface area contributed by atoms with Gasteiger partial charge in [0.05, 0.1) is 5.69 Å². The zero-order chi connectivity index (χ0) is 18.0. The summed E-state index contributed by atoms with van der Waals surface area (Å²) in [5, 5.41) is 2.63. The first-order valence-electron chi connectivity index (χ1n) is 7.02. The van der Waals surface area contributed by atoms with Gasteiger partial charge < -0.3 is 0 Å². The van der Waals surface area contributed by atoms with Crippen molar-refractivity contribution in [1.82, 2.24) is 15.3 Å². The van der Waals surface area contributed by atoms with Gasteiger partial charge in [-0.05, 0) is 36.6 Å². The third kappa shape index (κ3) is 3.41. The minimum absolute atomic E-state index is 0.149. The highest BCUT2D eigenvalue weighted by Gasteiger charge is 2.36. The Morgan fingerprint density at radius 2 is 1.76 bits per heavy atom. The van der Waals surface area contributed by atoms with Crippen molar-refractivity contribution in [3.63, 3.8) is 0 Å². The average molecular weight is 358 g/mol. The smallest absolute Gasteiger partial charge is 0.273 e. The van der Waals surface area contributed by atoms with Crippen molar-refractivity contribution >= 4 is 41.4 Å². The van der Waals surface area contributed by atoms with Crippen LogP contribution in [-0.4, -0.2) is 34.1 Å². The SMILES string of the molecule is CSc1ncc(C=C2C(=O)NC(=O)N(c3ccc(F)cc3)C2=O)cn1. The Morgan fingerprint density at radius 3 is 2.36 bits per heavy atom. The van der Waals surface area contributed by atoms with Gasteiger partial charge in [0.1, 0.15) is 11.4 Å². The van der Waals surface area contributed by atoms with Crippen molar-refractivity contribution in [2.45, 2.75) is 5.16 Å². The second kappa shape index (κ2) is 6.81. The van der Waals surface area contributed by atoms with E-state index < -0.39 is 23.7 Å². The summed E-state index contributed by atoms with van der Waals surface area (Å²) >= 11 is 1.35. The maximum Gasteiger partial charge on any atom is 0.335 e. The Kier molecular flexibility index (Phi) is 4.57. The molecular formula is C16H11FN4O3S. The predicted molar refractivity (Wildman–Crippen MR) is 89.2 cm³/mol. The fraction of sp³-hybridized carbons (Fsp3) is 0.0625. The Balaban J connectivity index is 1.97. The van der Waals surface area contributed by atoms with Gasteiger partial charge >= 0.3 is 6.03 Å². The second-order valence-corrected chi connectivity index (χ2v) is 5.71. The number of nitrogens with one attached hydrogen (secondary N) is 1. The van der Waals surface area contributed by atoms with Crippen LogP contribution in [0.15, 0.2) is 47.4 Å². The Hall–Kier alpha value is -3.07. The van der Waals surface area contributed by atoms with Gasteiger partial charge in [0.15, 0.2) is 5.16 Å². The van der Waals surface area contributed by atoms with E-state index in [2.05, 4.69) is 15.3 Å². The quantitative estimate of drug-likeness (QED) is 0.390. The van der Waals surface area contributed by atoms with Crippen LogP contribution in [0.1, 0.15) is 5.56 Å². The number of aromatic nitrogens is 2. The first-order valence-corrected chi connectivity index (χ1v) is 8.25. The van der Waals surface area contributed by atoms with E-state index in [4.69, 9.17) is 0 Å². The molecular weight excluding hydrogens is 347 g/mol. The summed E-state index contributed by atoms with van der Waals surface area (Å²) in [7, 11) is 0. The van der Waals surface area contributed by atoms with E-state index in [9.17, 15) is 18.8 Å². The van der Waals surface area contributed by atoms with Crippen LogP contribution in [0.5, 0.6) is 0 Å². The Bertz CT molecular complexity index is 881. The van der Waals surface area contributed by atoms with Crippen LogP contribution in [-0.2, 0) is 9.59 Å². The van der Waals surface area contributed by atoms with E-state index in [0.717, 1.165) is 17.0 Å². The number of nitrogens with zero attached hydrogens (tertiary/aromatic N) is 3. The topological polar surface area (TPSA) is 92.3 Å². The fourth-order valence-corrected chi connectivity index (χ4v) is 2.47. The molecule has 2 heterocycles. The molecule has 25 heavy (non-hydrogen) atoms. The molecule has 0 bridgehead atoms. The van der Waals surface area contributed by atoms with E-state index >= 15 is 0 Å². The standard InChI is InChI=1S/C16H11FN4O3S/c1-25-15-18-7-9(8-19-15)6-12-13(22)20-16(24)21(14(12)23)11-4-2-10(17)3-5-11/h2-8H,1H3,(H,20,22,24). The van der Waals surface area contributed by atoms with Crippen LogP contribution in [0, 0.1) is 5.82 Å². The number of halogens is 1. The lowest BCUT2D eigenvalue weighted by molar-refractivity contribution is -0.122. The highest BCUT2D eigenvalue weighted by atomic mass is 32.2. The van der Waals surface area contributed by atoms with Gasteiger partial charge in [0.2, 0.25) is 0 Å². The lowest BCUT2D eigenvalue weighted by atomic mass is 10.1. The number of hydrogen-bond acceptors (Lipinski definition) is 6. The molecule has 9 heteroatoms. The lowest BCUT2D eigenvalue weighted by Gasteiger charge is -2.26. The Morgan fingerprint density at radius 1 is 1.12 bits per heavy atom. The normalized spacial score (nSPS) is 16.3. The van der Waals surface area contributed by atoms with Crippen LogP contribution in [0.3, 0.4) is 0 Å². The molecule has 1 fully saturated rings. The number of imide groups is 2. The molecule has 1 saturated heterocycles. The molecule has 0 unspecified atom stereocenters. The molecule has 1 aliphatic heterocycles. The molecule has 0 spiro atoms. The molecule has 1 aromatic heterocycles. The zero-order valence-corrected chi connectivity index (χ0v) is 13.7. The van der Waals surface area contributed by atoms with E-state index in [0.29, 0.717) is 10.7 Å². The summed E-state index contributed by atoms with van der Waals surface area (Å²) in [6, 6.07) is 3.88. The second-order valence-electron chi connectivity index (χ2n) is 4.94. The first kappa shape index (κ1) is 16.8. The highest BCUT2D eigenvalue weighted by molar-refractivity contribution is 7.98. The predicted octanol–water partition coefficient (Wildman–Crippen LogP) is 2.00. The molecule has 0 radical (unpaired) electrons. The Labute approximate surface area is 146 Å². The largest absolute Gasteiger partial charge is 0.335 e. The summed E-state index contributed by atoms with van der Waals surface area (Å²) in [6.45, 7) is 0. The van der Waals surface area contributed by atoms with E-state index in [1.807, 2.05) is 6.26 Å². The van der Waals surface area contributed by atoms with Gasteiger partial charge in [-0.2, -0.15) is 0 Å². The number of urea groups is 1. The van der Waals surface area contributed by atoms with Crippen LogP contribution >= 0.6 is 11.8 Å². The maximum absolute atomic E-state index is 13.1. The third-order valence-corrected chi connectivity index (χ3v) is 3.90. The van der Waals surface area contributed by atoms with Gasteiger partial charge in [0, 0.05) is 18.0 Å². The summed E-state index contributed by atoms with van der Waals surface area (Å²) in [5.41, 5.74) is 0.338. The van der Waals surface area contributed by atoms with Gasteiger partial charge in [-0.3, -0.25) is 14.9 Å². The van der Waals surface area contributed by atoms with Crippen molar-refractivity contribution in [3.05, 3.63) is 53.6 Å². The molecule has 7 nitrogen and oxygen atoms in total. The number of barbiturate groups is 1. The molecule has 1 aromatic carbocycles.